The zero-order chi connectivity index (χ0) is 23.9. The zero-order valence-corrected chi connectivity index (χ0v) is 18.6. The molecule has 0 saturated carbocycles. The topological polar surface area (TPSA) is 114 Å². The molecule has 0 bridgehead atoms. The number of ether oxygens (including phenoxy) is 1. The second-order valence-electron chi connectivity index (χ2n) is 7.90. The number of benzene rings is 3. The summed E-state index contributed by atoms with van der Waals surface area (Å²) in [5.74, 6) is -1.13. The number of nitrogens with two attached hydrogens (primary N) is 1. The van der Waals surface area contributed by atoms with Gasteiger partial charge >= 0.3 is 0 Å². The van der Waals surface area contributed by atoms with Crippen molar-refractivity contribution in [2.24, 2.45) is 5.73 Å². The molecule has 8 nitrogen and oxygen atoms in total. The maximum Gasteiger partial charge on any atom is 0.251 e. The van der Waals surface area contributed by atoms with Crippen LogP contribution in [-0.4, -0.2) is 50.6 Å². The van der Waals surface area contributed by atoms with Crippen LogP contribution in [0.15, 0.2) is 72.8 Å². The Balaban J connectivity index is 1.27. The highest BCUT2D eigenvalue weighted by molar-refractivity contribution is 5.99. The molecule has 0 aliphatic carbocycles. The van der Waals surface area contributed by atoms with Crippen molar-refractivity contribution in [3.8, 4) is 11.1 Å². The van der Waals surface area contributed by atoms with Gasteiger partial charge in [-0.15, -0.1) is 0 Å². The number of carbonyl (C=O) groups excluding carboxylic acids is 3. The average molecular weight is 459 g/mol. The summed E-state index contributed by atoms with van der Waals surface area (Å²) < 4.78 is 5.37. The lowest BCUT2D eigenvalue weighted by Crippen LogP contribution is -2.36. The molecule has 3 aromatic carbocycles. The van der Waals surface area contributed by atoms with Gasteiger partial charge in [-0.05, 0) is 59.7 Å². The molecule has 0 aromatic heterocycles. The second kappa shape index (κ2) is 10.6. The average Bonchev–Trinajstić information content (AvgIpc) is 2.88. The normalized spacial score (nSPS) is 13.2. The highest BCUT2D eigenvalue weighted by Gasteiger charge is 2.12. The van der Waals surface area contributed by atoms with Gasteiger partial charge in [-0.2, -0.15) is 0 Å². The molecule has 0 atom stereocenters. The van der Waals surface area contributed by atoms with Crippen molar-refractivity contribution in [3.05, 3.63) is 83.9 Å². The van der Waals surface area contributed by atoms with Crippen LogP contribution < -0.4 is 21.3 Å². The van der Waals surface area contributed by atoms with Crippen LogP contribution in [0.25, 0.3) is 11.1 Å². The lowest BCUT2D eigenvalue weighted by Gasteiger charge is -2.28. The third-order valence-electron chi connectivity index (χ3n) is 5.59. The minimum Gasteiger partial charge on any atom is -0.378 e. The van der Waals surface area contributed by atoms with Gasteiger partial charge in [-0.25, -0.2) is 0 Å². The SMILES string of the molecule is NC(=O)c1ccc(-c2ccc(C(=O)NCC(=O)Nc3ccc(N4CCOCC4)cc3)cc2)cc1. The molecule has 34 heavy (non-hydrogen) atoms. The zero-order valence-electron chi connectivity index (χ0n) is 18.6. The molecule has 1 aliphatic heterocycles. The summed E-state index contributed by atoms with van der Waals surface area (Å²) in [7, 11) is 0. The monoisotopic (exact) mass is 458 g/mol. The minimum atomic E-state index is -0.479. The Morgan fingerprint density at radius 3 is 1.91 bits per heavy atom. The van der Waals surface area contributed by atoms with Crippen molar-refractivity contribution in [3.63, 3.8) is 0 Å². The molecule has 8 heteroatoms. The van der Waals surface area contributed by atoms with Crippen molar-refractivity contribution in [2.45, 2.75) is 0 Å². The largest absolute Gasteiger partial charge is 0.378 e. The summed E-state index contributed by atoms with van der Waals surface area (Å²) in [5.41, 5.74) is 9.69. The Hall–Kier alpha value is -4.17. The van der Waals surface area contributed by atoms with Crippen molar-refractivity contribution < 1.29 is 19.1 Å². The fourth-order valence-electron chi connectivity index (χ4n) is 3.69. The van der Waals surface area contributed by atoms with Crippen LogP contribution in [0, 0.1) is 0 Å². The van der Waals surface area contributed by atoms with Gasteiger partial charge < -0.3 is 26.0 Å². The first kappa shape index (κ1) is 23.0. The fraction of sp³-hybridized carbons (Fsp3) is 0.192. The number of nitrogens with one attached hydrogen (secondary N) is 2. The lowest BCUT2D eigenvalue weighted by atomic mass is 10.0. The summed E-state index contributed by atoms with van der Waals surface area (Å²) >= 11 is 0. The van der Waals surface area contributed by atoms with Crippen LogP contribution in [-0.2, 0) is 9.53 Å². The molecule has 4 N–H and O–H groups in total. The molecule has 1 saturated heterocycles. The van der Waals surface area contributed by atoms with Crippen molar-refractivity contribution in [1.29, 1.82) is 0 Å². The summed E-state index contributed by atoms with van der Waals surface area (Å²) in [6.45, 7) is 2.98. The highest BCUT2D eigenvalue weighted by Crippen LogP contribution is 2.21. The number of nitrogens with zero attached hydrogens (tertiary/aromatic N) is 1. The Bertz CT molecular complexity index is 1150. The minimum absolute atomic E-state index is 0.139. The number of anilines is 2. The first-order valence-electron chi connectivity index (χ1n) is 11.0. The third kappa shape index (κ3) is 5.79. The first-order valence-corrected chi connectivity index (χ1v) is 11.0. The van der Waals surface area contributed by atoms with Gasteiger partial charge in [0.1, 0.15) is 0 Å². The molecule has 0 spiro atoms. The van der Waals surface area contributed by atoms with E-state index in [0.29, 0.717) is 30.0 Å². The van der Waals surface area contributed by atoms with Crippen LogP contribution in [0.1, 0.15) is 20.7 Å². The van der Waals surface area contributed by atoms with Crippen LogP contribution in [0.3, 0.4) is 0 Å². The van der Waals surface area contributed by atoms with Gasteiger partial charge in [0.2, 0.25) is 11.8 Å². The van der Waals surface area contributed by atoms with Crippen molar-refractivity contribution in [2.75, 3.05) is 43.1 Å². The Kier molecular flexibility index (Phi) is 7.19. The summed E-state index contributed by atoms with van der Waals surface area (Å²) in [6.07, 6.45) is 0. The van der Waals surface area contributed by atoms with E-state index in [1.165, 1.54) is 0 Å². The van der Waals surface area contributed by atoms with E-state index in [4.69, 9.17) is 10.5 Å². The van der Waals surface area contributed by atoms with E-state index in [1.54, 1.807) is 36.4 Å². The molecule has 3 amide bonds. The van der Waals surface area contributed by atoms with Crippen molar-refractivity contribution >= 4 is 29.1 Å². The van der Waals surface area contributed by atoms with Gasteiger partial charge in [-0.3, -0.25) is 14.4 Å². The number of rotatable bonds is 7. The predicted molar refractivity (Wildman–Crippen MR) is 131 cm³/mol. The van der Waals surface area contributed by atoms with Crippen LogP contribution in [0.2, 0.25) is 0 Å². The maximum absolute atomic E-state index is 12.4. The molecule has 1 heterocycles. The standard InChI is InChI=1S/C26H26N4O4/c27-25(32)20-5-1-18(2-6-20)19-3-7-21(8-4-19)26(33)28-17-24(31)29-22-9-11-23(12-10-22)30-13-15-34-16-14-30/h1-12H,13-17H2,(H2,27,32)(H,28,33)(H,29,31). The van der Waals surface area contributed by atoms with E-state index in [0.717, 1.165) is 29.9 Å². The maximum atomic E-state index is 12.4. The molecule has 0 radical (unpaired) electrons. The third-order valence-corrected chi connectivity index (χ3v) is 5.59. The lowest BCUT2D eigenvalue weighted by molar-refractivity contribution is -0.115. The van der Waals surface area contributed by atoms with E-state index >= 15 is 0 Å². The van der Waals surface area contributed by atoms with E-state index in [1.807, 2.05) is 36.4 Å². The molecular weight excluding hydrogens is 432 g/mol. The number of hydrogen-bond donors (Lipinski definition) is 3. The molecule has 1 aliphatic rings. The van der Waals surface area contributed by atoms with Gasteiger partial charge in [0.05, 0.1) is 19.8 Å². The number of morpholine rings is 1. The van der Waals surface area contributed by atoms with Crippen molar-refractivity contribution in [1.82, 2.24) is 5.32 Å². The summed E-state index contributed by atoms with van der Waals surface area (Å²) in [4.78, 5) is 38.1. The number of hydrogen-bond acceptors (Lipinski definition) is 5. The smallest absolute Gasteiger partial charge is 0.251 e. The molecule has 0 unspecified atom stereocenters. The van der Waals surface area contributed by atoms with E-state index < -0.39 is 5.91 Å². The Morgan fingerprint density at radius 1 is 0.794 bits per heavy atom. The number of primary amides is 1. The van der Waals surface area contributed by atoms with Gasteiger partial charge in [0.15, 0.2) is 0 Å². The predicted octanol–water partition coefficient (Wildman–Crippen LogP) is 2.66. The quantitative estimate of drug-likeness (QED) is 0.504. The van der Waals surface area contributed by atoms with Gasteiger partial charge in [-0.1, -0.05) is 24.3 Å². The van der Waals surface area contributed by atoms with Gasteiger partial charge in [0, 0.05) is 35.6 Å². The molecule has 3 aromatic rings. The van der Waals surface area contributed by atoms with E-state index in [9.17, 15) is 14.4 Å². The fourth-order valence-corrected chi connectivity index (χ4v) is 3.69. The number of carbonyl (C=O) groups is 3. The molecule has 1 fully saturated rings. The highest BCUT2D eigenvalue weighted by atomic mass is 16.5. The Morgan fingerprint density at radius 2 is 1.35 bits per heavy atom. The van der Waals surface area contributed by atoms with Crippen LogP contribution >= 0.6 is 0 Å². The second-order valence-corrected chi connectivity index (χ2v) is 7.90. The van der Waals surface area contributed by atoms with Crippen LogP contribution in [0.4, 0.5) is 11.4 Å². The Labute approximate surface area is 197 Å². The molecule has 174 valence electrons. The molecule has 4 rings (SSSR count). The van der Waals surface area contributed by atoms with E-state index in [-0.39, 0.29) is 18.4 Å². The summed E-state index contributed by atoms with van der Waals surface area (Å²) in [5, 5.41) is 5.43. The molecular formula is C26H26N4O4. The van der Waals surface area contributed by atoms with Gasteiger partial charge in [0.25, 0.3) is 5.91 Å². The summed E-state index contributed by atoms with van der Waals surface area (Å²) in [6, 6.07) is 21.5. The van der Waals surface area contributed by atoms with E-state index in [2.05, 4.69) is 15.5 Å². The number of amides is 3. The van der Waals surface area contributed by atoms with Crippen LogP contribution in [0.5, 0.6) is 0 Å². The first-order chi connectivity index (χ1) is 16.5.